The van der Waals surface area contributed by atoms with Crippen molar-refractivity contribution >= 4 is 34.6 Å². The van der Waals surface area contributed by atoms with E-state index in [1.807, 2.05) is 11.8 Å². The number of amides is 2. The highest BCUT2D eigenvalue weighted by molar-refractivity contribution is 6.06. The van der Waals surface area contributed by atoms with Gasteiger partial charge in [-0.25, -0.2) is 0 Å². The smallest absolute Gasteiger partial charge is 0.293 e. The molecule has 2 aromatic carbocycles. The Morgan fingerprint density at radius 1 is 1.03 bits per heavy atom. The van der Waals surface area contributed by atoms with Gasteiger partial charge in [0.15, 0.2) is 5.76 Å². The van der Waals surface area contributed by atoms with Crippen LogP contribution in [0.5, 0.6) is 0 Å². The Kier molecular flexibility index (Phi) is 5.89. The van der Waals surface area contributed by atoms with E-state index in [2.05, 4.69) is 10.6 Å². The van der Waals surface area contributed by atoms with Crippen LogP contribution in [0.4, 0.5) is 22.7 Å². The van der Waals surface area contributed by atoms with Crippen molar-refractivity contribution in [2.24, 2.45) is 0 Å². The molecule has 3 aromatic rings. The maximum absolute atomic E-state index is 12.8. The molecule has 32 heavy (non-hydrogen) atoms. The van der Waals surface area contributed by atoms with Crippen LogP contribution in [0.1, 0.15) is 39.3 Å². The third-order valence-corrected chi connectivity index (χ3v) is 5.37. The number of rotatable bonds is 6. The zero-order valence-electron chi connectivity index (χ0n) is 17.5. The van der Waals surface area contributed by atoms with E-state index in [1.165, 1.54) is 12.3 Å². The molecule has 1 aliphatic heterocycles. The first-order valence-corrected chi connectivity index (χ1v) is 10.2. The number of aryl methyl sites for hydroxylation is 1. The van der Waals surface area contributed by atoms with Crippen LogP contribution in [0.3, 0.4) is 0 Å². The van der Waals surface area contributed by atoms with E-state index >= 15 is 0 Å². The third-order valence-electron chi connectivity index (χ3n) is 5.37. The summed E-state index contributed by atoms with van der Waals surface area (Å²) in [4.78, 5) is 38.2. The van der Waals surface area contributed by atoms with Crippen molar-refractivity contribution in [2.45, 2.75) is 19.8 Å². The number of benzene rings is 2. The third kappa shape index (κ3) is 4.46. The lowest BCUT2D eigenvalue weighted by atomic mass is 10.1. The zero-order valence-corrected chi connectivity index (χ0v) is 17.5. The van der Waals surface area contributed by atoms with E-state index in [9.17, 15) is 19.7 Å². The van der Waals surface area contributed by atoms with Crippen molar-refractivity contribution < 1.29 is 18.9 Å². The Morgan fingerprint density at radius 3 is 2.50 bits per heavy atom. The minimum atomic E-state index is -0.473. The molecular formula is C23H22N4O5. The maximum atomic E-state index is 12.8. The van der Waals surface area contributed by atoms with Crippen LogP contribution in [0, 0.1) is 17.0 Å². The fourth-order valence-corrected chi connectivity index (χ4v) is 3.67. The summed E-state index contributed by atoms with van der Waals surface area (Å²) in [5.41, 5.74) is 2.36. The van der Waals surface area contributed by atoms with Crippen LogP contribution in [0.25, 0.3) is 0 Å². The Hall–Kier alpha value is -4.14. The quantitative estimate of drug-likeness (QED) is 0.432. The monoisotopic (exact) mass is 434 g/mol. The summed E-state index contributed by atoms with van der Waals surface area (Å²) in [6.45, 7) is 3.34. The number of anilines is 3. The number of nitro benzene ring substituents is 1. The normalized spacial score (nSPS) is 13.1. The van der Waals surface area contributed by atoms with Crippen molar-refractivity contribution in [3.8, 4) is 0 Å². The van der Waals surface area contributed by atoms with E-state index in [-0.39, 0.29) is 17.0 Å². The average molecular weight is 434 g/mol. The Balaban J connectivity index is 1.54. The molecule has 0 saturated carbocycles. The van der Waals surface area contributed by atoms with Crippen LogP contribution >= 0.6 is 0 Å². The predicted octanol–water partition coefficient (Wildman–Crippen LogP) is 4.60. The topological polar surface area (TPSA) is 118 Å². The summed E-state index contributed by atoms with van der Waals surface area (Å²) in [6.07, 6.45) is 3.39. The van der Waals surface area contributed by atoms with Gasteiger partial charge in [-0.3, -0.25) is 19.7 Å². The summed E-state index contributed by atoms with van der Waals surface area (Å²) in [6, 6.07) is 12.8. The van der Waals surface area contributed by atoms with Crippen LogP contribution in [0.2, 0.25) is 0 Å². The highest BCUT2D eigenvalue weighted by Crippen LogP contribution is 2.32. The summed E-state index contributed by atoms with van der Waals surface area (Å²) in [7, 11) is 0. The van der Waals surface area contributed by atoms with Gasteiger partial charge in [0.25, 0.3) is 17.5 Å². The largest absolute Gasteiger partial charge is 0.459 e. The first-order valence-electron chi connectivity index (χ1n) is 10.2. The summed E-state index contributed by atoms with van der Waals surface area (Å²) >= 11 is 0. The number of hydrogen-bond donors (Lipinski definition) is 2. The fourth-order valence-electron chi connectivity index (χ4n) is 3.67. The molecule has 2 amide bonds. The van der Waals surface area contributed by atoms with E-state index in [1.54, 1.807) is 42.5 Å². The lowest BCUT2D eigenvalue weighted by Crippen LogP contribution is -2.20. The lowest BCUT2D eigenvalue weighted by molar-refractivity contribution is -0.384. The molecule has 9 nitrogen and oxygen atoms in total. The van der Waals surface area contributed by atoms with Crippen molar-refractivity contribution in [1.29, 1.82) is 0 Å². The van der Waals surface area contributed by atoms with Gasteiger partial charge in [-0.05, 0) is 61.7 Å². The SMILES string of the molecule is Cc1ccc(NC(=O)c2ccco2)cc1NC(=O)c1ccc(N2CCCC2)c([N+](=O)[O-])c1. The molecule has 164 valence electrons. The van der Waals surface area contributed by atoms with Gasteiger partial charge in [0.05, 0.1) is 11.2 Å². The second kappa shape index (κ2) is 8.93. The molecule has 9 heteroatoms. The molecular weight excluding hydrogens is 412 g/mol. The molecule has 4 rings (SSSR count). The first kappa shape index (κ1) is 21.1. The minimum absolute atomic E-state index is 0.0873. The van der Waals surface area contributed by atoms with Gasteiger partial charge >= 0.3 is 0 Å². The molecule has 0 aliphatic carbocycles. The summed E-state index contributed by atoms with van der Waals surface area (Å²) in [5.74, 6) is -0.718. The average Bonchev–Trinajstić information content (AvgIpc) is 3.50. The Labute approximate surface area is 184 Å². The van der Waals surface area contributed by atoms with E-state index < -0.39 is 16.7 Å². The Bertz CT molecular complexity index is 1170. The van der Waals surface area contributed by atoms with Crippen LogP contribution < -0.4 is 15.5 Å². The Morgan fingerprint density at radius 2 is 1.81 bits per heavy atom. The van der Waals surface area contributed by atoms with Gasteiger partial charge in [-0.1, -0.05) is 6.07 Å². The number of nitrogens with one attached hydrogen (secondary N) is 2. The van der Waals surface area contributed by atoms with Crippen LogP contribution in [0.15, 0.2) is 59.2 Å². The van der Waals surface area contributed by atoms with Crippen molar-refractivity contribution in [1.82, 2.24) is 0 Å². The van der Waals surface area contributed by atoms with Crippen LogP contribution in [-0.2, 0) is 0 Å². The van der Waals surface area contributed by atoms with E-state index in [0.717, 1.165) is 31.5 Å². The number of carbonyl (C=O) groups excluding carboxylic acids is 2. The molecule has 1 fully saturated rings. The molecule has 1 aliphatic rings. The highest BCUT2D eigenvalue weighted by atomic mass is 16.6. The van der Waals surface area contributed by atoms with Gasteiger partial charge in [-0.2, -0.15) is 0 Å². The molecule has 0 spiro atoms. The summed E-state index contributed by atoms with van der Waals surface area (Å²) in [5, 5.41) is 17.1. The number of carbonyl (C=O) groups is 2. The van der Waals surface area contributed by atoms with Gasteiger partial charge in [0.1, 0.15) is 5.69 Å². The van der Waals surface area contributed by atoms with Gasteiger partial charge < -0.3 is 20.0 Å². The molecule has 0 bridgehead atoms. The second-order valence-electron chi connectivity index (χ2n) is 7.57. The second-order valence-corrected chi connectivity index (χ2v) is 7.57. The van der Waals surface area contributed by atoms with Gasteiger partial charge in [0, 0.05) is 36.1 Å². The fraction of sp³-hybridized carbons (Fsp3) is 0.217. The number of nitro groups is 1. The van der Waals surface area contributed by atoms with Crippen LogP contribution in [-0.4, -0.2) is 29.8 Å². The highest BCUT2D eigenvalue weighted by Gasteiger charge is 2.24. The van der Waals surface area contributed by atoms with Crippen molar-refractivity contribution in [3.05, 3.63) is 81.8 Å². The molecule has 0 atom stereocenters. The van der Waals surface area contributed by atoms with Gasteiger partial charge in [0.2, 0.25) is 0 Å². The minimum Gasteiger partial charge on any atom is -0.459 e. The molecule has 0 unspecified atom stereocenters. The first-order chi connectivity index (χ1) is 15.4. The molecule has 0 radical (unpaired) electrons. The summed E-state index contributed by atoms with van der Waals surface area (Å²) < 4.78 is 5.08. The standard InChI is InChI=1S/C23H22N4O5/c1-15-6-8-17(24-23(29)21-5-4-12-32-21)14-18(15)25-22(28)16-7-9-19(20(13-16)27(30)31)26-10-2-3-11-26/h4-9,12-14H,2-3,10-11H2,1H3,(H,24,29)(H,25,28). The number of nitrogens with zero attached hydrogens (tertiary/aromatic N) is 2. The lowest BCUT2D eigenvalue weighted by Gasteiger charge is -2.18. The predicted molar refractivity (Wildman–Crippen MR) is 120 cm³/mol. The van der Waals surface area contributed by atoms with E-state index in [4.69, 9.17) is 4.42 Å². The molecule has 2 N–H and O–H groups in total. The van der Waals surface area contributed by atoms with Gasteiger partial charge in [-0.15, -0.1) is 0 Å². The molecule has 1 saturated heterocycles. The molecule has 1 aromatic heterocycles. The molecule has 2 heterocycles. The maximum Gasteiger partial charge on any atom is 0.293 e. The van der Waals surface area contributed by atoms with Crippen molar-refractivity contribution in [3.63, 3.8) is 0 Å². The number of furan rings is 1. The zero-order chi connectivity index (χ0) is 22.7. The van der Waals surface area contributed by atoms with Crippen molar-refractivity contribution in [2.75, 3.05) is 28.6 Å². The number of hydrogen-bond acceptors (Lipinski definition) is 6. The van der Waals surface area contributed by atoms with E-state index in [0.29, 0.717) is 17.1 Å².